The summed E-state index contributed by atoms with van der Waals surface area (Å²) in [6.07, 6.45) is -4.40. The molecule has 2 N–H and O–H groups in total. The van der Waals surface area contributed by atoms with Crippen molar-refractivity contribution < 1.29 is 46.9 Å². The normalized spacial score (nSPS) is 18.6. The number of rotatable bonds is 10. The topological polar surface area (TPSA) is 125 Å². The second kappa shape index (κ2) is 17.7. The van der Waals surface area contributed by atoms with E-state index in [0.29, 0.717) is 4.90 Å². The highest BCUT2D eigenvalue weighted by Gasteiger charge is 2.54. The number of allylic oxidation sites excluding steroid dienone is 1. The number of β-lactam (4-membered cyclic amide) rings is 2. The summed E-state index contributed by atoms with van der Waals surface area (Å²) < 4.78 is 49.2. The van der Waals surface area contributed by atoms with E-state index in [4.69, 9.17) is 9.47 Å². The lowest BCUT2D eigenvalue weighted by molar-refractivity contribution is -0.164. The Morgan fingerprint density at radius 3 is 1.64 bits per heavy atom. The SMILES string of the molecule is CC(C)(C)OC(=O)N[C@@H]1C(=O)N2C(C(=O)O)=C(/C=C3/CN(CC(F)(F)F)C3=O)CS[C@H]12.c1ccc(C(OC(c2ccccc2)c2ccccc2)c2ccccc2)cc1. The van der Waals surface area contributed by atoms with Crippen molar-refractivity contribution in [1.82, 2.24) is 15.1 Å². The Labute approximate surface area is 338 Å². The van der Waals surface area contributed by atoms with Crippen LogP contribution in [0.25, 0.3) is 0 Å². The summed E-state index contributed by atoms with van der Waals surface area (Å²) in [4.78, 5) is 49.8. The molecule has 0 unspecified atom stereocenters. The number of ether oxygens (including phenoxy) is 2. The molecular weight excluding hydrogens is 772 g/mol. The average Bonchev–Trinajstić information content (AvgIpc) is 3.20. The summed E-state index contributed by atoms with van der Waals surface area (Å²) in [5.41, 5.74) is 3.66. The molecule has 302 valence electrons. The van der Waals surface area contributed by atoms with Crippen LogP contribution in [0.4, 0.5) is 18.0 Å². The number of thioether (sulfide) groups is 1. The van der Waals surface area contributed by atoms with Gasteiger partial charge in [-0.2, -0.15) is 13.2 Å². The molecule has 2 atom stereocenters. The molecular formula is C44H42F3N3O7S. The van der Waals surface area contributed by atoms with Crippen LogP contribution in [0, 0.1) is 0 Å². The van der Waals surface area contributed by atoms with Gasteiger partial charge in [0.25, 0.3) is 11.8 Å². The first-order chi connectivity index (χ1) is 27.6. The number of hydrogen-bond acceptors (Lipinski definition) is 7. The van der Waals surface area contributed by atoms with Crippen molar-refractivity contribution in [1.29, 1.82) is 0 Å². The van der Waals surface area contributed by atoms with Gasteiger partial charge < -0.3 is 24.8 Å². The fourth-order valence-electron chi connectivity index (χ4n) is 6.65. The van der Waals surface area contributed by atoms with E-state index in [9.17, 15) is 37.5 Å². The smallest absolute Gasteiger partial charge is 0.408 e. The van der Waals surface area contributed by atoms with Crippen LogP contribution in [0.3, 0.4) is 0 Å². The number of hydrogen-bond donors (Lipinski definition) is 2. The molecule has 3 amide bonds. The van der Waals surface area contributed by atoms with Gasteiger partial charge >= 0.3 is 18.2 Å². The molecule has 14 heteroatoms. The highest BCUT2D eigenvalue weighted by Crippen LogP contribution is 2.42. The molecule has 0 aromatic heterocycles. The number of aliphatic carboxylic acids is 1. The van der Waals surface area contributed by atoms with E-state index in [2.05, 4.69) is 102 Å². The number of nitrogens with zero attached hydrogens (tertiary/aromatic N) is 2. The number of halogens is 3. The second-order valence-corrected chi connectivity index (χ2v) is 15.8. The number of alkyl carbamates (subject to hydrolysis) is 1. The van der Waals surface area contributed by atoms with Gasteiger partial charge in [0.15, 0.2) is 0 Å². The maximum absolute atomic E-state index is 12.5. The molecule has 0 aliphatic carbocycles. The summed E-state index contributed by atoms with van der Waals surface area (Å²) in [7, 11) is 0. The molecule has 0 saturated carbocycles. The minimum absolute atomic E-state index is 0.0356. The number of likely N-dealkylation sites (tertiary alicyclic amines) is 1. The fourth-order valence-corrected chi connectivity index (χ4v) is 7.96. The number of carbonyl (C=O) groups is 4. The minimum Gasteiger partial charge on any atom is -0.477 e. The summed E-state index contributed by atoms with van der Waals surface area (Å²) in [6, 6.07) is 40.7. The minimum atomic E-state index is -4.53. The van der Waals surface area contributed by atoms with Gasteiger partial charge in [0.05, 0.1) is 6.54 Å². The van der Waals surface area contributed by atoms with Gasteiger partial charge in [-0.15, -0.1) is 11.8 Å². The first kappa shape index (κ1) is 41.8. The van der Waals surface area contributed by atoms with Gasteiger partial charge in [0.2, 0.25) is 0 Å². The van der Waals surface area contributed by atoms with E-state index in [0.717, 1.165) is 27.2 Å². The van der Waals surface area contributed by atoms with Gasteiger partial charge in [0.1, 0.15) is 41.5 Å². The molecule has 0 bridgehead atoms. The monoisotopic (exact) mass is 813 g/mol. The van der Waals surface area contributed by atoms with Crippen LogP contribution in [0.5, 0.6) is 0 Å². The molecule has 4 aromatic carbocycles. The Morgan fingerprint density at radius 1 is 0.810 bits per heavy atom. The Hall–Kier alpha value is -5.86. The molecule has 0 radical (unpaired) electrons. The van der Waals surface area contributed by atoms with E-state index in [1.165, 1.54) is 17.8 Å². The number of amides is 3. The molecule has 7 rings (SSSR count). The van der Waals surface area contributed by atoms with Crippen molar-refractivity contribution in [2.45, 2.75) is 56.2 Å². The lowest BCUT2D eigenvalue weighted by Crippen LogP contribution is -2.70. The van der Waals surface area contributed by atoms with E-state index in [-0.39, 0.29) is 41.3 Å². The second-order valence-electron chi connectivity index (χ2n) is 14.7. The molecule has 3 aliphatic heterocycles. The van der Waals surface area contributed by atoms with E-state index < -0.39 is 53.6 Å². The first-order valence-corrected chi connectivity index (χ1v) is 19.5. The zero-order valence-electron chi connectivity index (χ0n) is 31.9. The third-order valence-corrected chi connectivity index (χ3v) is 10.5. The third-order valence-electron chi connectivity index (χ3n) is 9.20. The largest absolute Gasteiger partial charge is 0.477 e. The van der Waals surface area contributed by atoms with Crippen LogP contribution in [0.1, 0.15) is 55.2 Å². The molecule has 2 saturated heterocycles. The number of benzene rings is 4. The summed E-state index contributed by atoms with van der Waals surface area (Å²) in [5, 5.41) is 11.3. The number of carbonyl (C=O) groups excluding carboxylic acids is 3. The van der Waals surface area contributed by atoms with Gasteiger partial charge in [-0.1, -0.05) is 121 Å². The number of alkyl halides is 3. The summed E-state index contributed by atoms with van der Waals surface area (Å²) in [6.45, 7) is 3.31. The Balaban J connectivity index is 0.000000197. The fraction of sp³-hybridized carbons (Fsp3) is 0.273. The Bertz CT molecular complexity index is 2000. The molecule has 3 heterocycles. The number of carboxylic acids is 1. The van der Waals surface area contributed by atoms with Gasteiger partial charge in [0, 0.05) is 11.3 Å². The van der Waals surface area contributed by atoms with E-state index in [1.807, 2.05) is 24.3 Å². The van der Waals surface area contributed by atoms with E-state index >= 15 is 0 Å². The van der Waals surface area contributed by atoms with Gasteiger partial charge in [-0.05, 0) is 54.7 Å². The lowest BCUT2D eigenvalue weighted by Gasteiger charge is -2.49. The van der Waals surface area contributed by atoms with Crippen molar-refractivity contribution in [2.75, 3.05) is 18.8 Å². The number of carboxylic acid groups (broad SMARTS) is 1. The highest BCUT2D eigenvalue weighted by atomic mass is 32.2. The van der Waals surface area contributed by atoms with Crippen LogP contribution in [0.2, 0.25) is 0 Å². The van der Waals surface area contributed by atoms with Crippen LogP contribution in [0.15, 0.2) is 144 Å². The van der Waals surface area contributed by atoms with Crippen LogP contribution < -0.4 is 5.32 Å². The molecule has 3 aliphatic rings. The number of fused-ring (bicyclic) bond motifs is 1. The average molecular weight is 814 g/mol. The molecule has 2 fully saturated rings. The molecule has 58 heavy (non-hydrogen) atoms. The first-order valence-electron chi connectivity index (χ1n) is 18.4. The molecule has 4 aromatic rings. The van der Waals surface area contributed by atoms with Crippen LogP contribution in [-0.2, 0) is 23.9 Å². The maximum atomic E-state index is 12.5. The van der Waals surface area contributed by atoms with Crippen molar-refractivity contribution in [3.63, 3.8) is 0 Å². The van der Waals surface area contributed by atoms with Crippen molar-refractivity contribution in [3.8, 4) is 0 Å². The quantitative estimate of drug-likeness (QED) is 0.122. The predicted octanol–water partition coefficient (Wildman–Crippen LogP) is 8.05. The lowest BCUT2D eigenvalue weighted by atomic mass is 9.98. The predicted molar refractivity (Wildman–Crippen MR) is 212 cm³/mol. The zero-order valence-corrected chi connectivity index (χ0v) is 32.7. The van der Waals surface area contributed by atoms with Crippen molar-refractivity contribution in [3.05, 3.63) is 167 Å². The molecule has 0 spiro atoms. The van der Waals surface area contributed by atoms with Crippen molar-refractivity contribution >= 4 is 35.6 Å². The number of nitrogens with one attached hydrogen (secondary N) is 1. The van der Waals surface area contributed by atoms with E-state index in [1.54, 1.807) is 20.8 Å². The maximum Gasteiger partial charge on any atom is 0.408 e. The van der Waals surface area contributed by atoms with Gasteiger partial charge in [-0.3, -0.25) is 14.5 Å². The Morgan fingerprint density at radius 2 is 1.26 bits per heavy atom. The summed E-state index contributed by atoms with van der Waals surface area (Å²) in [5.74, 6) is -2.81. The Kier molecular flexibility index (Phi) is 12.8. The molecule has 10 nitrogen and oxygen atoms in total. The summed E-state index contributed by atoms with van der Waals surface area (Å²) >= 11 is 1.17. The standard InChI is InChI=1S/C26H22O.C18H20F3N3O6S/c1-5-13-21(14-6-1)25(22-15-7-2-8-16-22)27-26(23-17-9-3-10-18-23)24-19-11-4-12-20-24;1-17(2,3)30-16(29)22-10-13(26)24-11(15(27)28)9(6-31-14(10)24)4-8-5-23(12(8)25)7-18(19,20)21/h1-20,25-26H;4,10,14H,5-7H2,1-3H3,(H,22,29)(H,27,28)/b;8-4-/t;10-,14-/m.1/s1. The van der Waals surface area contributed by atoms with Crippen LogP contribution in [-0.4, -0.2) is 80.8 Å². The van der Waals surface area contributed by atoms with Crippen LogP contribution >= 0.6 is 11.8 Å². The van der Waals surface area contributed by atoms with Gasteiger partial charge in [-0.25, -0.2) is 9.59 Å². The van der Waals surface area contributed by atoms with Crippen molar-refractivity contribution in [2.24, 2.45) is 0 Å². The highest BCUT2D eigenvalue weighted by molar-refractivity contribution is 8.00. The third kappa shape index (κ3) is 10.2. The zero-order chi connectivity index (χ0) is 41.6.